The number of nitrogens with zero attached hydrogens (tertiary/aromatic N) is 3. The zero-order valence-corrected chi connectivity index (χ0v) is 13.8. The minimum atomic E-state index is -0.528. The monoisotopic (exact) mass is 339 g/mol. The lowest BCUT2D eigenvalue weighted by molar-refractivity contribution is 0.0938. The zero-order chi connectivity index (χ0) is 17.8. The number of carbonyl (C=O) groups excluding carboxylic acids is 1. The van der Waals surface area contributed by atoms with E-state index in [1.54, 1.807) is 25.6 Å². The summed E-state index contributed by atoms with van der Waals surface area (Å²) in [4.78, 5) is 31.1. The molecular formula is C17H17N5O3. The van der Waals surface area contributed by atoms with Crippen LogP contribution in [0.25, 0.3) is 5.95 Å². The molecule has 2 N–H and O–H groups in total. The van der Waals surface area contributed by atoms with Gasteiger partial charge < -0.3 is 10.1 Å². The molecule has 2 heterocycles. The summed E-state index contributed by atoms with van der Waals surface area (Å²) < 4.78 is 6.51. The van der Waals surface area contributed by atoms with Crippen LogP contribution in [0.2, 0.25) is 0 Å². The number of H-pyrrole nitrogens is 1. The molecule has 3 aromatic rings. The first-order valence-electron chi connectivity index (χ1n) is 7.62. The summed E-state index contributed by atoms with van der Waals surface area (Å²) in [5.41, 5.74) is 0.308. The molecule has 25 heavy (non-hydrogen) atoms. The highest BCUT2D eigenvalue weighted by Gasteiger charge is 2.16. The number of carbonyl (C=O) groups is 1. The van der Waals surface area contributed by atoms with Crippen molar-refractivity contribution in [3.8, 4) is 11.7 Å². The van der Waals surface area contributed by atoms with Gasteiger partial charge in [-0.05, 0) is 30.7 Å². The van der Waals surface area contributed by atoms with Crippen molar-refractivity contribution in [3.63, 3.8) is 0 Å². The van der Waals surface area contributed by atoms with Crippen molar-refractivity contribution in [2.24, 2.45) is 0 Å². The summed E-state index contributed by atoms with van der Waals surface area (Å²) >= 11 is 0. The average molecular weight is 339 g/mol. The van der Waals surface area contributed by atoms with Crippen LogP contribution in [0.3, 0.4) is 0 Å². The van der Waals surface area contributed by atoms with Gasteiger partial charge in [-0.25, -0.2) is 9.67 Å². The maximum absolute atomic E-state index is 12.4. The fourth-order valence-electron chi connectivity index (χ4n) is 2.31. The molecule has 3 rings (SSSR count). The summed E-state index contributed by atoms with van der Waals surface area (Å²) in [6, 6.07) is 8.76. The van der Waals surface area contributed by atoms with Crippen LogP contribution in [-0.2, 0) is 0 Å². The lowest BCUT2D eigenvalue weighted by Crippen LogP contribution is -2.32. The molecule has 0 bridgehead atoms. The SMILES string of the molecule is COc1ccc([C@H](C)NC(=O)c2cnc(-n3cccn3)[nH]c2=O)cc1. The summed E-state index contributed by atoms with van der Waals surface area (Å²) in [6.45, 7) is 1.83. The molecule has 1 atom stereocenters. The molecule has 0 spiro atoms. The Morgan fingerprint density at radius 3 is 2.68 bits per heavy atom. The van der Waals surface area contributed by atoms with Gasteiger partial charge in [-0.2, -0.15) is 5.10 Å². The van der Waals surface area contributed by atoms with Gasteiger partial charge in [0.05, 0.1) is 13.2 Å². The summed E-state index contributed by atoms with van der Waals surface area (Å²) in [6.07, 6.45) is 4.45. The van der Waals surface area contributed by atoms with E-state index < -0.39 is 11.5 Å². The zero-order valence-electron chi connectivity index (χ0n) is 13.8. The first-order valence-corrected chi connectivity index (χ1v) is 7.62. The van der Waals surface area contributed by atoms with Crippen LogP contribution in [0, 0.1) is 0 Å². The fraction of sp³-hybridized carbons (Fsp3) is 0.176. The van der Waals surface area contributed by atoms with Gasteiger partial charge in [0.1, 0.15) is 11.3 Å². The third kappa shape index (κ3) is 3.57. The molecule has 0 fully saturated rings. The summed E-state index contributed by atoms with van der Waals surface area (Å²) in [7, 11) is 1.59. The van der Waals surface area contributed by atoms with Crippen molar-refractivity contribution < 1.29 is 9.53 Å². The van der Waals surface area contributed by atoms with Gasteiger partial charge in [0.15, 0.2) is 0 Å². The van der Waals surface area contributed by atoms with E-state index in [1.165, 1.54) is 10.9 Å². The number of hydrogen-bond acceptors (Lipinski definition) is 5. The van der Waals surface area contributed by atoms with Crippen molar-refractivity contribution in [1.29, 1.82) is 0 Å². The lowest BCUT2D eigenvalue weighted by Gasteiger charge is -2.14. The molecule has 0 radical (unpaired) electrons. The Balaban J connectivity index is 1.75. The van der Waals surface area contributed by atoms with E-state index >= 15 is 0 Å². The molecule has 128 valence electrons. The second-order valence-electron chi connectivity index (χ2n) is 5.37. The van der Waals surface area contributed by atoms with Gasteiger partial charge in [-0.15, -0.1) is 0 Å². The van der Waals surface area contributed by atoms with E-state index in [1.807, 2.05) is 31.2 Å². The van der Waals surface area contributed by atoms with Crippen molar-refractivity contribution in [2.45, 2.75) is 13.0 Å². The van der Waals surface area contributed by atoms with E-state index in [0.29, 0.717) is 0 Å². The smallest absolute Gasteiger partial charge is 0.265 e. The van der Waals surface area contributed by atoms with Crippen LogP contribution in [0.1, 0.15) is 28.9 Å². The molecule has 0 unspecified atom stereocenters. The number of amides is 1. The van der Waals surface area contributed by atoms with Gasteiger partial charge >= 0.3 is 0 Å². The fourth-order valence-corrected chi connectivity index (χ4v) is 2.31. The van der Waals surface area contributed by atoms with Gasteiger partial charge in [-0.3, -0.25) is 14.6 Å². The van der Waals surface area contributed by atoms with Crippen molar-refractivity contribution >= 4 is 5.91 Å². The van der Waals surface area contributed by atoms with Crippen molar-refractivity contribution in [3.05, 3.63) is 70.4 Å². The Morgan fingerprint density at radius 2 is 2.08 bits per heavy atom. The summed E-state index contributed by atoms with van der Waals surface area (Å²) in [5, 5.41) is 6.76. The highest BCUT2D eigenvalue weighted by atomic mass is 16.5. The Hall–Kier alpha value is -3.42. The maximum atomic E-state index is 12.4. The molecule has 1 aromatic carbocycles. The molecular weight excluding hydrogens is 322 g/mol. The third-order valence-electron chi connectivity index (χ3n) is 3.72. The first-order chi connectivity index (χ1) is 12.1. The summed E-state index contributed by atoms with van der Waals surface area (Å²) in [5.74, 6) is 0.482. The highest BCUT2D eigenvalue weighted by molar-refractivity contribution is 5.93. The van der Waals surface area contributed by atoms with Crippen LogP contribution in [-0.4, -0.2) is 32.8 Å². The van der Waals surface area contributed by atoms with Gasteiger partial charge in [0.2, 0.25) is 5.95 Å². The molecule has 8 heteroatoms. The average Bonchev–Trinajstić information content (AvgIpc) is 3.16. The minimum absolute atomic E-state index is 0.0590. The molecule has 1 amide bonds. The highest BCUT2D eigenvalue weighted by Crippen LogP contribution is 2.17. The predicted molar refractivity (Wildman–Crippen MR) is 90.9 cm³/mol. The molecule has 2 aromatic heterocycles. The van der Waals surface area contributed by atoms with Crippen LogP contribution < -0.4 is 15.6 Å². The Kier molecular flexibility index (Phi) is 4.60. The number of methoxy groups -OCH3 is 1. The normalized spacial score (nSPS) is 11.8. The van der Waals surface area contributed by atoms with E-state index in [2.05, 4.69) is 20.4 Å². The van der Waals surface area contributed by atoms with Crippen LogP contribution in [0.4, 0.5) is 0 Å². The first kappa shape index (κ1) is 16.4. The number of aromatic amines is 1. The van der Waals surface area contributed by atoms with Gasteiger partial charge in [-0.1, -0.05) is 12.1 Å². The largest absolute Gasteiger partial charge is 0.497 e. The number of benzene rings is 1. The number of rotatable bonds is 5. The third-order valence-corrected chi connectivity index (χ3v) is 3.72. The Labute approximate surface area is 143 Å². The molecule has 0 saturated heterocycles. The number of nitrogens with one attached hydrogen (secondary N) is 2. The minimum Gasteiger partial charge on any atom is -0.497 e. The maximum Gasteiger partial charge on any atom is 0.265 e. The van der Waals surface area contributed by atoms with E-state index in [-0.39, 0.29) is 17.6 Å². The van der Waals surface area contributed by atoms with Crippen LogP contribution in [0.15, 0.2) is 53.7 Å². The number of hydrogen-bond donors (Lipinski definition) is 2. The van der Waals surface area contributed by atoms with Gasteiger partial charge in [0.25, 0.3) is 11.5 Å². The lowest BCUT2D eigenvalue weighted by atomic mass is 10.1. The molecule has 0 saturated carbocycles. The van der Waals surface area contributed by atoms with Crippen molar-refractivity contribution in [2.75, 3.05) is 7.11 Å². The van der Waals surface area contributed by atoms with Crippen LogP contribution in [0.5, 0.6) is 5.75 Å². The molecule has 0 aliphatic carbocycles. The molecule has 0 aliphatic rings. The van der Waals surface area contributed by atoms with Crippen LogP contribution >= 0.6 is 0 Å². The predicted octanol–water partition coefficient (Wildman–Crippen LogP) is 1.46. The van der Waals surface area contributed by atoms with Crippen molar-refractivity contribution in [1.82, 2.24) is 25.1 Å². The Morgan fingerprint density at radius 1 is 1.32 bits per heavy atom. The van der Waals surface area contributed by atoms with Gasteiger partial charge in [0, 0.05) is 18.6 Å². The second-order valence-corrected chi connectivity index (χ2v) is 5.37. The Bertz CT molecular complexity index is 916. The van der Waals surface area contributed by atoms with E-state index in [4.69, 9.17) is 4.74 Å². The van der Waals surface area contributed by atoms with E-state index in [9.17, 15) is 9.59 Å². The molecule has 0 aliphatic heterocycles. The quantitative estimate of drug-likeness (QED) is 0.732. The molecule has 8 nitrogen and oxygen atoms in total. The topological polar surface area (TPSA) is 102 Å². The van der Waals surface area contributed by atoms with E-state index in [0.717, 1.165) is 11.3 Å². The number of ether oxygens (including phenoxy) is 1. The second kappa shape index (κ2) is 7.00. The number of aromatic nitrogens is 4. The standard InChI is InChI=1S/C17H17N5O3/c1-11(12-4-6-13(25-2)7-5-12)20-15(23)14-10-18-17(21-16(14)24)22-9-3-8-19-22/h3-11H,1-2H3,(H,20,23)(H,18,21,24)/t11-/m0/s1.